The van der Waals surface area contributed by atoms with E-state index in [0.29, 0.717) is 13.2 Å². The van der Waals surface area contributed by atoms with Crippen LogP contribution in [0.3, 0.4) is 0 Å². The van der Waals surface area contributed by atoms with E-state index in [9.17, 15) is 0 Å². The second kappa shape index (κ2) is 4.21. The standard InChI is InChI=1S/C11H14N2O2/c1-8-3-2-4-9(5-8)14-7-10-6-13-11(12)15-10/h2-5,10H,6-7H2,1H3,(H2,12,13)/t10-/m0/s1. The Morgan fingerprint density at radius 1 is 1.60 bits per heavy atom. The van der Waals surface area contributed by atoms with Gasteiger partial charge in [0.05, 0.1) is 6.54 Å². The van der Waals surface area contributed by atoms with Crippen molar-refractivity contribution < 1.29 is 9.47 Å². The highest BCUT2D eigenvalue weighted by Crippen LogP contribution is 2.13. The van der Waals surface area contributed by atoms with Gasteiger partial charge in [-0.05, 0) is 24.6 Å². The molecule has 15 heavy (non-hydrogen) atoms. The molecule has 0 aromatic heterocycles. The molecule has 0 spiro atoms. The maximum absolute atomic E-state index is 5.57. The first-order valence-electron chi connectivity index (χ1n) is 4.90. The quantitative estimate of drug-likeness (QED) is 0.805. The van der Waals surface area contributed by atoms with Crippen LogP contribution in [0.4, 0.5) is 0 Å². The van der Waals surface area contributed by atoms with E-state index < -0.39 is 0 Å². The average Bonchev–Trinajstić information content (AvgIpc) is 2.62. The highest BCUT2D eigenvalue weighted by Gasteiger charge is 2.17. The van der Waals surface area contributed by atoms with Crippen LogP contribution in [0.2, 0.25) is 0 Å². The summed E-state index contributed by atoms with van der Waals surface area (Å²) in [6, 6.07) is 8.16. The van der Waals surface area contributed by atoms with Crippen LogP contribution in [-0.2, 0) is 4.74 Å². The van der Waals surface area contributed by atoms with Gasteiger partial charge in [-0.2, -0.15) is 0 Å². The van der Waals surface area contributed by atoms with E-state index in [0.717, 1.165) is 5.75 Å². The summed E-state index contributed by atoms with van der Waals surface area (Å²) >= 11 is 0. The maximum atomic E-state index is 5.57. The molecule has 4 nitrogen and oxygen atoms in total. The zero-order valence-electron chi connectivity index (χ0n) is 8.64. The second-order valence-corrected chi connectivity index (χ2v) is 3.55. The van der Waals surface area contributed by atoms with Crippen molar-refractivity contribution in [3.8, 4) is 5.75 Å². The molecular weight excluding hydrogens is 192 g/mol. The molecule has 4 heteroatoms. The minimum atomic E-state index is -0.0505. The topological polar surface area (TPSA) is 56.8 Å². The first kappa shape index (κ1) is 9.83. The SMILES string of the molecule is Cc1cccc(OC[C@@H]2CN=C(N)O2)c1. The molecule has 1 heterocycles. The van der Waals surface area contributed by atoms with Crippen LogP contribution in [0, 0.1) is 6.92 Å². The predicted octanol–water partition coefficient (Wildman–Crippen LogP) is 1.09. The Morgan fingerprint density at radius 3 is 3.13 bits per heavy atom. The molecule has 1 aromatic rings. The van der Waals surface area contributed by atoms with Crippen LogP contribution >= 0.6 is 0 Å². The number of benzene rings is 1. The number of aryl methyl sites for hydroxylation is 1. The number of rotatable bonds is 3. The van der Waals surface area contributed by atoms with Crippen LogP contribution in [0.5, 0.6) is 5.75 Å². The number of nitrogens with zero attached hydrogens (tertiary/aromatic N) is 1. The van der Waals surface area contributed by atoms with E-state index in [1.165, 1.54) is 5.56 Å². The van der Waals surface area contributed by atoms with Crippen LogP contribution in [-0.4, -0.2) is 25.3 Å². The summed E-state index contributed by atoms with van der Waals surface area (Å²) in [6.07, 6.45) is -0.0505. The third kappa shape index (κ3) is 2.62. The lowest BCUT2D eigenvalue weighted by molar-refractivity contribution is 0.141. The summed E-state index contributed by atoms with van der Waals surface area (Å²) in [5, 5.41) is 0. The number of nitrogens with two attached hydrogens (primary N) is 1. The first-order chi connectivity index (χ1) is 7.24. The summed E-state index contributed by atoms with van der Waals surface area (Å²) < 4.78 is 10.8. The summed E-state index contributed by atoms with van der Waals surface area (Å²) in [7, 11) is 0. The minimum absolute atomic E-state index is 0.0505. The van der Waals surface area contributed by atoms with Crippen LogP contribution in [0.25, 0.3) is 0 Å². The third-order valence-electron chi connectivity index (χ3n) is 2.16. The summed E-state index contributed by atoms with van der Waals surface area (Å²) in [6.45, 7) is 3.09. The molecule has 0 unspecified atom stereocenters. The molecule has 2 N–H and O–H groups in total. The molecule has 1 atom stereocenters. The van der Waals surface area contributed by atoms with Crippen molar-refractivity contribution >= 4 is 6.02 Å². The molecule has 2 rings (SSSR count). The van der Waals surface area contributed by atoms with Gasteiger partial charge in [-0.15, -0.1) is 0 Å². The van der Waals surface area contributed by atoms with E-state index in [2.05, 4.69) is 4.99 Å². The molecule has 80 valence electrons. The van der Waals surface area contributed by atoms with Crippen LogP contribution in [0.15, 0.2) is 29.3 Å². The van der Waals surface area contributed by atoms with Gasteiger partial charge in [-0.3, -0.25) is 0 Å². The first-order valence-corrected chi connectivity index (χ1v) is 4.90. The van der Waals surface area contributed by atoms with Crippen molar-refractivity contribution in [1.29, 1.82) is 0 Å². The van der Waals surface area contributed by atoms with Crippen LogP contribution < -0.4 is 10.5 Å². The van der Waals surface area contributed by atoms with Gasteiger partial charge in [0.1, 0.15) is 12.4 Å². The predicted molar refractivity (Wildman–Crippen MR) is 58.0 cm³/mol. The lowest BCUT2D eigenvalue weighted by Gasteiger charge is -2.11. The largest absolute Gasteiger partial charge is 0.490 e. The number of ether oxygens (including phenoxy) is 2. The third-order valence-corrected chi connectivity index (χ3v) is 2.16. The monoisotopic (exact) mass is 206 g/mol. The van der Waals surface area contributed by atoms with E-state index >= 15 is 0 Å². The van der Waals surface area contributed by atoms with Crippen molar-refractivity contribution in [2.24, 2.45) is 10.7 Å². The van der Waals surface area contributed by atoms with Gasteiger partial charge in [-0.25, -0.2) is 4.99 Å². The van der Waals surface area contributed by atoms with E-state index in [1.807, 2.05) is 31.2 Å². The highest BCUT2D eigenvalue weighted by molar-refractivity contribution is 5.72. The lowest BCUT2D eigenvalue weighted by Crippen LogP contribution is -2.24. The molecule has 0 saturated carbocycles. The fraction of sp³-hybridized carbons (Fsp3) is 0.364. The molecule has 0 fully saturated rings. The van der Waals surface area contributed by atoms with Crippen molar-refractivity contribution in [3.63, 3.8) is 0 Å². The fourth-order valence-corrected chi connectivity index (χ4v) is 1.42. The average molecular weight is 206 g/mol. The molecule has 0 amide bonds. The Bertz CT molecular complexity index is 377. The summed E-state index contributed by atoms with van der Waals surface area (Å²) in [5.41, 5.74) is 6.57. The molecule has 1 aliphatic heterocycles. The number of hydrogen-bond acceptors (Lipinski definition) is 4. The van der Waals surface area contributed by atoms with Crippen molar-refractivity contribution in [2.75, 3.05) is 13.2 Å². The Hall–Kier alpha value is -1.71. The van der Waals surface area contributed by atoms with Gasteiger partial charge in [0.25, 0.3) is 6.02 Å². The Kier molecular flexibility index (Phi) is 2.76. The molecule has 0 saturated heterocycles. The van der Waals surface area contributed by atoms with Gasteiger partial charge in [0.2, 0.25) is 0 Å². The number of aliphatic imine (C=N–C) groups is 1. The molecule has 0 bridgehead atoms. The van der Waals surface area contributed by atoms with E-state index in [1.54, 1.807) is 0 Å². The summed E-state index contributed by atoms with van der Waals surface area (Å²) in [4.78, 5) is 3.94. The van der Waals surface area contributed by atoms with E-state index in [4.69, 9.17) is 15.2 Å². The van der Waals surface area contributed by atoms with Gasteiger partial charge in [-0.1, -0.05) is 12.1 Å². The molecule has 0 radical (unpaired) electrons. The molecule has 0 aliphatic carbocycles. The zero-order chi connectivity index (χ0) is 10.7. The Labute approximate surface area is 88.7 Å². The Balaban J connectivity index is 1.84. The van der Waals surface area contributed by atoms with E-state index in [-0.39, 0.29) is 12.1 Å². The zero-order valence-corrected chi connectivity index (χ0v) is 8.64. The summed E-state index contributed by atoms with van der Waals surface area (Å²) in [5.74, 6) is 0.851. The molecular formula is C11H14N2O2. The van der Waals surface area contributed by atoms with Gasteiger partial charge in [0, 0.05) is 0 Å². The number of amidine groups is 1. The number of hydrogen-bond donors (Lipinski definition) is 1. The Morgan fingerprint density at radius 2 is 2.47 bits per heavy atom. The van der Waals surface area contributed by atoms with Crippen molar-refractivity contribution in [2.45, 2.75) is 13.0 Å². The van der Waals surface area contributed by atoms with Crippen molar-refractivity contribution in [1.82, 2.24) is 0 Å². The van der Waals surface area contributed by atoms with Gasteiger partial charge >= 0.3 is 0 Å². The minimum Gasteiger partial charge on any atom is -0.490 e. The van der Waals surface area contributed by atoms with Crippen molar-refractivity contribution in [3.05, 3.63) is 29.8 Å². The highest BCUT2D eigenvalue weighted by atomic mass is 16.5. The maximum Gasteiger partial charge on any atom is 0.282 e. The smallest absolute Gasteiger partial charge is 0.282 e. The fourth-order valence-electron chi connectivity index (χ4n) is 1.42. The normalized spacial score (nSPS) is 19.5. The van der Waals surface area contributed by atoms with Crippen LogP contribution in [0.1, 0.15) is 5.56 Å². The molecule has 1 aliphatic rings. The van der Waals surface area contributed by atoms with Gasteiger partial charge < -0.3 is 15.2 Å². The molecule has 1 aromatic carbocycles. The van der Waals surface area contributed by atoms with Gasteiger partial charge in [0.15, 0.2) is 6.10 Å². The lowest BCUT2D eigenvalue weighted by atomic mass is 10.2. The second-order valence-electron chi connectivity index (χ2n) is 3.55.